The number of nitrogens with zero attached hydrogens (tertiary/aromatic N) is 1. The molecule has 1 aromatic carbocycles. The van der Waals surface area contributed by atoms with Crippen LogP contribution in [0.5, 0.6) is 0 Å². The molecule has 6 heteroatoms. The van der Waals surface area contributed by atoms with Gasteiger partial charge in [-0.15, -0.1) is 0 Å². The van der Waals surface area contributed by atoms with E-state index in [0.717, 1.165) is 9.87 Å². The molecule has 0 amide bonds. The lowest BCUT2D eigenvalue weighted by Gasteiger charge is -2.04. The zero-order chi connectivity index (χ0) is 11.9. The summed E-state index contributed by atoms with van der Waals surface area (Å²) in [5, 5.41) is 8.67. The first-order valence-electron chi connectivity index (χ1n) is 4.74. The fourth-order valence-electron chi connectivity index (χ4n) is 1.44. The molecule has 1 unspecified atom stereocenters. The van der Waals surface area contributed by atoms with E-state index in [1.165, 1.54) is 12.1 Å². The third kappa shape index (κ3) is 1.81. The highest BCUT2D eigenvalue weighted by Gasteiger charge is 2.49. The quantitative estimate of drug-likeness (QED) is 0.780. The lowest BCUT2D eigenvalue weighted by Crippen LogP contribution is -2.19. The minimum Gasteiger partial charge on any atom is -0.480 e. The Morgan fingerprint density at radius 1 is 1.38 bits per heavy atom. The van der Waals surface area contributed by atoms with Crippen molar-refractivity contribution in [1.29, 1.82) is 0 Å². The molecular weight excluding hydrogens is 230 g/mol. The van der Waals surface area contributed by atoms with Crippen molar-refractivity contribution in [2.45, 2.75) is 17.9 Å². The number of hydrogen-bond donors (Lipinski definition) is 1. The Kier molecular flexibility index (Phi) is 2.47. The van der Waals surface area contributed by atoms with Gasteiger partial charge < -0.3 is 5.11 Å². The zero-order valence-corrected chi connectivity index (χ0v) is 9.44. The van der Waals surface area contributed by atoms with E-state index in [-0.39, 0.29) is 11.4 Å². The number of aliphatic carboxylic acids is 1. The fraction of sp³-hybridized carbons (Fsp3) is 0.300. The summed E-state index contributed by atoms with van der Waals surface area (Å²) in [6.07, 6.45) is 0. The highest BCUT2D eigenvalue weighted by molar-refractivity contribution is 7.89. The number of carboxylic acids is 1. The standard InChI is InChI=1S/C10H11NO4S/c1-7-2-4-8(5-3-7)16(14,15)11-6-9(11)10(12)13/h2-5,9H,6H2,1H3,(H,12,13)/t9-,11?/m0/s1. The second kappa shape index (κ2) is 3.57. The average molecular weight is 241 g/mol. The molecule has 0 bridgehead atoms. The van der Waals surface area contributed by atoms with Crippen LogP contribution < -0.4 is 0 Å². The largest absolute Gasteiger partial charge is 0.480 e. The molecule has 1 aliphatic heterocycles. The molecule has 0 radical (unpaired) electrons. The van der Waals surface area contributed by atoms with Gasteiger partial charge in [-0.2, -0.15) is 4.31 Å². The summed E-state index contributed by atoms with van der Waals surface area (Å²) in [6.45, 7) is 1.92. The van der Waals surface area contributed by atoms with E-state index < -0.39 is 22.0 Å². The first-order chi connectivity index (χ1) is 7.43. The van der Waals surface area contributed by atoms with Crippen LogP contribution in [0.1, 0.15) is 5.56 Å². The molecule has 2 atom stereocenters. The summed E-state index contributed by atoms with van der Waals surface area (Å²) in [5.41, 5.74) is 0.958. The molecule has 1 aliphatic rings. The number of hydrogen-bond acceptors (Lipinski definition) is 3. The summed E-state index contributed by atoms with van der Waals surface area (Å²) >= 11 is 0. The molecule has 0 aromatic heterocycles. The van der Waals surface area contributed by atoms with Crippen LogP contribution in [0, 0.1) is 6.92 Å². The van der Waals surface area contributed by atoms with E-state index in [4.69, 9.17) is 5.11 Å². The molecule has 0 saturated carbocycles. The Morgan fingerprint density at radius 2 is 1.94 bits per heavy atom. The van der Waals surface area contributed by atoms with Gasteiger partial charge in [-0.25, -0.2) is 8.42 Å². The van der Waals surface area contributed by atoms with Crippen molar-refractivity contribution >= 4 is 16.0 Å². The summed E-state index contributed by atoms with van der Waals surface area (Å²) in [6, 6.07) is 5.45. The van der Waals surface area contributed by atoms with Crippen LogP contribution in [-0.4, -0.2) is 36.4 Å². The van der Waals surface area contributed by atoms with Gasteiger partial charge in [-0.05, 0) is 19.1 Å². The van der Waals surface area contributed by atoms with Gasteiger partial charge in [0, 0.05) is 6.54 Å². The second-order valence-electron chi connectivity index (χ2n) is 3.74. The maximum Gasteiger partial charge on any atom is 0.323 e. The normalized spacial score (nSPS) is 24.1. The SMILES string of the molecule is Cc1ccc(S(=O)(=O)N2C[C@H]2C(=O)O)cc1. The zero-order valence-electron chi connectivity index (χ0n) is 8.62. The van der Waals surface area contributed by atoms with Crippen LogP contribution in [-0.2, 0) is 14.8 Å². The maximum absolute atomic E-state index is 11.9. The van der Waals surface area contributed by atoms with E-state index in [1.54, 1.807) is 12.1 Å². The Bertz CT molecular complexity index is 520. The predicted octanol–water partition coefficient (Wildman–Crippen LogP) is 0.453. The van der Waals surface area contributed by atoms with Gasteiger partial charge in [-0.3, -0.25) is 4.79 Å². The molecule has 2 rings (SSSR count). The van der Waals surface area contributed by atoms with E-state index in [9.17, 15) is 13.2 Å². The highest BCUT2D eigenvalue weighted by Crippen LogP contribution is 2.28. The molecule has 1 heterocycles. The first kappa shape index (κ1) is 11.1. The van der Waals surface area contributed by atoms with Gasteiger partial charge in [0.25, 0.3) is 0 Å². The number of aryl methyl sites for hydroxylation is 1. The molecule has 0 spiro atoms. The van der Waals surface area contributed by atoms with Gasteiger partial charge in [0.05, 0.1) is 4.90 Å². The summed E-state index contributed by atoms with van der Waals surface area (Å²) in [4.78, 5) is 10.7. The second-order valence-corrected chi connectivity index (χ2v) is 5.63. The van der Waals surface area contributed by atoms with Crippen LogP contribution in [0.25, 0.3) is 0 Å². The predicted molar refractivity (Wildman–Crippen MR) is 56.5 cm³/mol. The smallest absolute Gasteiger partial charge is 0.323 e. The molecule has 1 fully saturated rings. The minimum absolute atomic E-state index is 0.0611. The lowest BCUT2D eigenvalue weighted by atomic mass is 10.2. The monoisotopic (exact) mass is 241 g/mol. The molecule has 1 aromatic rings. The number of benzene rings is 1. The number of rotatable bonds is 3. The molecule has 1 saturated heterocycles. The van der Waals surface area contributed by atoms with Crippen LogP contribution in [0.3, 0.4) is 0 Å². The van der Waals surface area contributed by atoms with Crippen molar-refractivity contribution < 1.29 is 18.3 Å². The number of carboxylic acid groups (broad SMARTS) is 1. The topological polar surface area (TPSA) is 74.5 Å². The van der Waals surface area contributed by atoms with Gasteiger partial charge in [0.15, 0.2) is 0 Å². The van der Waals surface area contributed by atoms with Crippen molar-refractivity contribution in [3.8, 4) is 0 Å². The van der Waals surface area contributed by atoms with Crippen molar-refractivity contribution in [2.75, 3.05) is 6.54 Å². The number of sulfonamides is 1. The van der Waals surface area contributed by atoms with Gasteiger partial charge >= 0.3 is 5.97 Å². The van der Waals surface area contributed by atoms with Crippen LogP contribution in [0.15, 0.2) is 29.2 Å². The Balaban J connectivity index is 2.28. The molecular formula is C10H11NO4S. The third-order valence-electron chi connectivity index (χ3n) is 2.48. The third-order valence-corrected chi connectivity index (χ3v) is 4.37. The van der Waals surface area contributed by atoms with Crippen molar-refractivity contribution in [2.24, 2.45) is 0 Å². The van der Waals surface area contributed by atoms with Crippen LogP contribution >= 0.6 is 0 Å². The molecule has 86 valence electrons. The molecule has 1 N–H and O–H groups in total. The van der Waals surface area contributed by atoms with Crippen LogP contribution in [0.4, 0.5) is 0 Å². The van der Waals surface area contributed by atoms with Crippen molar-refractivity contribution in [1.82, 2.24) is 4.31 Å². The summed E-state index contributed by atoms with van der Waals surface area (Å²) < 4.78 is 24.7. The first-order valence-corrected chi connectivity index (χ1v) is 6.18. The lowest BCUT2D eigenvalue weighted by molar-refractivity contribution is -0.136. The van der Waals surface area contributed by atoms with E-state index in [1.807, 2.05) is 6.92 Å². The summed E-state index contributed by atoms with van der Waals surface area (Å²) in [7, 11) is -3.62. The van der Waals surface area contributed by atoms with Gasteiger partial charge in [0.1, 0.15) is 6.04 Å². The van der Waals surface area contributed by atoms with E-state index in [0.29, 0.717) is 0 Å². The minimum atomic E-state index is -3.62. The van der Waals surface area contributed by atoms with E-state index in [2.05, 4.69) is 0 Å². The van der Waals surface area contributed by atoms with Crippen molar-refractivity contribution in [3.63, 3.8) is 0 Å². The molecule has 0 aliphatic carbocycles. The van der Waals surface area contributed by atoms with Crippen molar-refractivity contribution in [3.05, 3.63) is 29.8 Å². The Morgan fingerprint density at radius 3 is 2.38 bits per heavy atom. The fourth-order valence-corrected chi connectivity index (χ4v) is 2.95. The Hall–Kier alpha value is -1.40. The van der Waals surface area contributed by atoms with E-state index >= 15 is 0 Å². The summed E-state index contributed by atoms with van der Waals surface area (Å²) in [5.74, 6) is -1.10. The Labute approximate surface area is 93.4 Å². The van der Waals surface area contributed by atoms with Crippen LogP contribution in [0.2, 0.25) is 0 Å². The average Bonchev–Trinajstić information content (AvgIpc) is 2.98. The number of carbonyl (C=O) groups is 1. The van der Waals surface area contributed by atoms with Gasteiger partial charge in [-0.1, -0.05) is 17.7 Å². The maximum atomic E-state index is 11.9. The molecule has 16 heavy (non-hydrogen) atoms. The highest BCUT2D eigenvalue weighted by atomic mass is 32.2. The van der Waals surface area contributed by atoms with Gasteiger partial charge in [0.2, 0.25) is 10.0 Å². The molecule has 5 nitrogen and oxygen atoms in total.